The number of nitrogens with zero attached hydrogens (tertiary/aromatic N) is 1. The average molecular weight is 640 g/mol. The van der Waals surface area contributed by atoms with Crippen LogP contribution in [0.3, 0.4) is 0 Å². The van der Waals surface area contributed by atoms with Crippen LogP contribution in [0.4, 0.5) is 11.4 Å². The van der Waals surface area contributed by atoms with Crippen molar-refractivity contribution >= 4 is 17.1 Å². The number of hydrogen-bond acceptors (Lipinski definition) is 4. The van der Waals surface area contributed by atoms with Gasteiger partial charge in [-0.25, -0.2) is 0 Å². The summed E-state index contributed by atoms with van der Waals surface area (Å²) in [6.07, 6.45) is 22.2. The highest BCUT2D eigenvalue weighted by Crippen LogP contribution is 2.52. The first-order valence-electron chi connectivity index (χ1n) is 17.8. The first kappa shape index (κ1) is 29.8. The normalized spacial score (nSPS) is 24.9. The van der Waals surface area contributed by atoms with Gasteiger partial charge in [0.25, 0.3) is 0 Å². The van der Waals surface area contributed by atoms with Gasteiger partial charge in [-0.1, -0.05) is 127 Å². The van der Waals surface area contributed by atoms with Crippen LogP contribution < -0.4 is 15.0 Å². The SMILES string of the molecule is CC(Nc1ccccc1C(=N)c1ccccc1)c1cccc2c1C1CC=CC(N3c4ccccc4C4C=C(C5=CCCC=C5)C=CC43)C1O2. The van der Waals surface area contributed by atoms with Gasteiger partial charge in [0.2, 0.25) is 0 Å². The fraction of sp³-hybridized carbons (Fsp3) is 0.222. The summed E-state index contributed by atoms with van der Waals surface area (Å²) < 4.78 is 7.00. The molecule has 4 aromatic carbocycles. The number of allylic oxidation sites excluding steroid dienone is 7. The number of benzene rings is 4. The van der Waals surface area contributed by atoms with E-state index < -0.39 is 0 Å². The van der Waals surface area contributed by atoms with Crippen LogP contribution in [0.1, 0.15) is 71.9 Å². The Kier molecular flexibility index (Phi) is 7.45. The molecule has 0 amide bonds. The maximum Gasteiger partial charge on any atom is 0.130 e. The molecule has 0 spiro atoms. The third kappa shape index (κ3) is 5.09. The number of nitrogens with one attached hydrogen (secondary N) is 2. The van der Waals surface area contributed by atoms with Gasteiger partial charge in [-0.3, -0.25) is 5.41 Å². The van der Waals surface area contributed by atoms with Crippen LogP contribution in [-0.4, -0.2) is 23.9 Å². The minimum absolute atomic E-state index is 0.0152. The summed E-state index contributed by atoms with van der Waals surface area (Å²) >= 11 is 0. The molecule has 5 aliphatic rings. The summed E-state index contributed by atoms with van der Waals surface area (Å²) in [5.41, 5.74) is 11.3. The van der Waals surface area contributed by atoms with Crippen molar-refractivity contribution in [1.29, 1.82) is 5.41 Å². The van der Waals surface area contributed by atoms with E-state index in [0.29, 0.717) is 11.6 Å². The largest absolute Gasteiger partial charge is 0.487 e. The van der Waals surface area contributed by atoms with Gasteiger partial charge in [-0.2, -0.15) is 0 Å². The van der Waals surface area contributed by atoms with Crippen LogP contribution in [-0.2, 0) is 0 Å². The first-order valence-corrected chi connectivity index (χ1v) is 17.8. The lowest BCUT2D eigenvalue weighted by Crippen LogP contribution is -2.50. The Hall–Kier alpha value is -5.35. The number of anilines is 2. The van der Waals surface area contributed by atoms with E-state index in [4.69, 9.17) is 10.1 Å². The maximum atomic E-state index is 9.00. The van der Waals surface area contributed by atoms with E-state index in [1.165, 1.54) is 33.5 Å². The highest BCUT2D eigenvalue weighted by atomic mass is 16.5. The molecular formula is C45H41N3O. The molecule has 0 bridgehead atoms. The summed E-state index contributed by atoms with van der Waals surface area (Å²) in [6.45, 7) is 2.23. The fourth-order valence-electron chi connectivity index (χ4n) is 8.77. The molecular weight excluding hydrogens is 599 g/mol. The second kappa shape index (κ2) is 12.3. The van der Waals surface area contributed by atoms with E-state index in [1.54, 1.807) is 0 Å². The molecule has 0 saturated carbocycles. The number of ether oxygens (including phenoxy) is 1. The van der Waals surface area contributed by atoms with Crippen LogP contribution in [0.5, 0.6) is 5.75 Å². The van der Waals surface area contributed by atoms with Crippen molar-refractivity contribution in [3.05, 3.63) is 185 Å². The molecule has 4 aromatic rings. The van der Waals surface area contributed by atoms with Crippen LogP contribution >= 0.6 is 0 Å². The summed E-state index contributed by atoms with van der Waals surface area (Å²) in [6, 6.07) is 34.1. The maximum absolute atomic E-state index is 9.00. The lowest BCUT2D eigenvalue weighted by molar-refractivity contribution is 0.177. The van der Waals surface area contributed by atoms with Gasteiger partial charge in [0, 0.05) is 45.9 Å². The van der Waals surface area contributed by atoms with E-state index in [-0.39, 0.29) is 30.1 Å². The molecule has 3 aliphatic carbocycles. The molecule has 242 valence electrons. The number of rotatable bonds is 7. The Morgan fingerprint density at radius 1 is 0.816 bits per heavy atom. The molecule has 49 heavy (non-hydrogen) atoms. The zero-order valence-electron chi connectivity index (χ0n) is 27.8. The van der Waals surface area contributed by atoms with Gasteiger partial charge in [-0.15, -0.1) is 0 Å². The quantitative estimate of drug-likeness (QED) is 0.156. The van der Waals surface area contributed by atoms with Crippen LogP contribution in [0, 0.1) is 5.41 Å². The van der Waals surface area contributed by atoms with Gasteiger partial charge in [-0.05, 0) is 66.7 Å². The summed E-state index contributed by atoms with van der Waals surface area (Å²) in [4.78, 5) is 2.64. The third-order valence-electron chi connectivity index (χ3n) is 11.0. The molecule has 0 radical (unpaired) electrons. The standard InChI is InChI=1S/C45H41N3O/c1-29(47-38-22-10-8-19-35(38)44(46)31-16-6-3-7-17-31)33-20-13-25-42-43(33)36-21-12-24-41(45(36)49-42)48-39-23-11-9-18-34(39)37-28-32(26-27-40(37)48)30-14-4-2-5-15-30/h3-4,6-20,22-29,36-37,40-41,45-47H,2,5,21H2,1H3. The lowest BCUT2D eigenvalue weighted by Gasteiger charge is -2.41. The summed E-state index contributed by atoms with van der Waals surface area (Å²) in [5.74, 6) is 1.56. The minimum Gasteiger partial charge on any atom is -0.487 e. The predicted molar refractivity (Wildman–Crippen MR) is 201 cm³/mol. The third-order valence-corrected chi connectivity index (χ3v) is 11.0. The Labute approximate surface area is 289 Å². The van der Waals surface area contributed by atoms with Crippen molar-refractivity contribution in [3.8, 4) is 5.75 Å². The van der Waals surface area contributed by atoms with E-state index in [0.717, 1.165) is 41.8 Å². The van der Waals surface area contributed by atoms with Gasteiger partial charge in [0.15, 0.2) is 0 Å². The molecule has 0 saturated heterocycles. The molecule has 4 nitrogen and oxygen atoms in total. The lowest BCUT2D eigenvalue weighted by atomic mass is 9.80. The topological polar surface area (TPSA) is 48.4 Å². The Morgan fingerprint density at radius 2 is 1.65 bits per heavy atom. The monoisotopic (exact) mass is 639 g/mol. The van der Waals surface area contributed by atoms with E-state index in [1.807, 2.05) is 48.5 Å². The second-order valence-corrected chi connectivity index (χ2v) is 13.9. The van der Waals surface area contributed by atoms with Crippen LogP contribution in [0.2, 0.25) is 0 Å². The average Bonchev–Trinajstić information content (AvgIpc) is 3.71. The number of fused-ring (bicyclic) bond motifs is 6. The van der Waals surface area contributed by atoms with Crippen LogP contribution in [0.25, 0.3) is 0 Å². The molecule has 6 atom stereocenters. The van der Waals surface area contributed by atoms with Crippen molar-refractivity contribution in [2.45, 2.75) is 62.3 Å². The van der Waals surface area contributed by atoms with Crippen molar-refractivity contribution in [3.63, 3.8) is 0 Å². The molecule has 2 aliphatic heterocycles. The Balaban J connectivity index is 1.02. The molecule has 6 unspecified atom stereocenters. The van der Waals surface area contributed by atoms with Gasteiger partial charge >= 0.3 is 0 Å². The second-order valence-electron chi connectivity index (χ2n) is 13.9. The summed E-state index contributed by atoms with van der Waals surface area (Å²) in [7, 11) is 0. The van der Waals surface area contributed by atoms with Crippen molar-refractivity contribution in [1.82, 2.24) is 0 Å². The first-order chi connectivity index (χ1) is 24.2. The Bertz CT molecular complexity index is 2090. The fourth-order valence-corrected chi connectivity index (χ4v) is 8.77. The molecule has 0 aromatic heterocycles. The van der Waals surface area contributed by atoms with Gasteiger partial charge in [0.05, 0.1) is 17.8 Å². The van der Waals surface area contributed by atoms with Crippen molar-refractivity contribution in [2.24, 2.45) is 0 Å². The highest BCUT2D eigenvalue weighted by Gasteiger charge is 2.49. The predicted octanol–water partition coefficient (Wildman–Crippen LogP) is 10.2. The zero-order chi connectivity index (χ0) is 32.9. The van der Waals surface area contributed by atoms with E-state index in [2.05, 4.69) is 114 Å². The van der Waals surface area contributed by atoms with Crippen LogP contribution in [0.15, 0.2) is 157 Å². The van der Waals surface area contributed by atoms with E-state index >= 15 is 0 Å². The van der Waals surface area contributed by atoms with E-state index in [9.17, 15) is 0 Å². The molecule has 2 heterocycles. The molecule has 0 fully saturated rings. The number of hydrogen-bond donors (Lipinski definition) is 2. The molecule has 2 N–H and O–H groups in total. The zero-order valence-corrected chi connectivity index (χ0v) is 27.8. The Morgan fingerprint density at radius 3 is 2.53 bits per heavy atom. The smallest absolute Gasteiger partial charge is 0.130 e. The minimum atomic E-state index is 0.0152. The number of para-hydroxylation sites is 2. The van der Waals surface area contributed by atoms with Gasteiger partial charge in [0.1, 0.15) is 11.9 Å². The van der Waals surface area contributed by atoms with Crippen molar-refractivity contribution < 1.29 is 4.74 Å². The summed E-state index contributed by atoms with van der Waals surface area (Å²) in [5, 5.41) is 12.8. The van der Waals surface area contributed by atoms with Crippen molar-refractivity contribution in [2.75, 3.05) is 10.2 Å². The highest BCUT2D eigenvalue weighted by molar-refractivity contribution is 6.14. The molecule has 4 heteroatoms. The molecule has 9 rings (SSSR count). The van der Waals surface area contributed by atoms with Gasteiger partial charge < -0.3 is 15.0 Å².